The molecule has 2 aromatic rings. The van der Waals surface area contributed by atoms with Gasteiger partial charge in [0, 0.05) is 5.92 Å². The van der Waals surface area contributed by atoms with Gasteiger partial charge in [0.1, 0.15) is 5.54 Å². The van der Waals surface area contributed by atoms with Crippen LogP contribution in [0.5, 0.6) is 0 Å². The Morgan fingerprint density at radius 1 is 1.37 bits per heavy atom. The number of fused-ring (bicyclic) bond motifs is 1. The number of imidazole rings is 1. The molecule has 2 nitrogen and oxygen atoms in total. The smallest absolute Gasteiger partial charge is 0.243 e. The minimum atomic E-state index is -0.111. The van der Waals surface area contributed by atoms with E-state index in [1.54, 1.807) is 0 Å². The summed E-state index contributed by atoms with van der Waals surface area (Å²) in [5, 5.41) is 0. The number of para-hydroxylation sites is 2. The van der Waals surface area contributed by atoms with Gasteiger partial charge in [-0.05, 0) is 32.1 Å². The molecule has 1 aromatic heterocycles. The zero-order valence-corrected chi connectivity index (χ0v) is 11.4. The molecule has 1 aromatic carbocycles. The number of hydrogen-bond donors (Lipinski definition) is 1. The molecule has 0 fully saturated rings. The molecule has 3 rings (SSSR count). The number of rotatable bonds is 2. The summed E-state index contributed by atoms with van der Waals surface area (Å²) in [6.45, 7) is 8.45. The maximum Gasteiger partial charge on any atom is 0.243 e. The average Bonchev–Trinajstić information content (AvgIpc) is 2.83. The lowest BCUT2D eigenvalue weighted by Gasteiger charge is -2.33. The third kappa shape index (κ3) is 1.67. The van der Waals surface area contributed by atoms with Crippen LogP contribution in [0.15, 0.2) is 67.0 Å². The molecule has 1 heterocycles. The van der Waals surface area contributed by atoms with Crippen LogP contribution in [0.3, 0.4) is 0 Å². The van der Waals surface area contributed by atoms with Crippen LogP contribution >= 0.6 is 0 Å². The normalized spacial score (nSPS) is 26.4. The van der Waals surface area contributed by atoms with E-state index in [9.17, 15) is 0 Å². The van der Waals surface area contributed by atoms with Crippen molar-refractivity contribution in [1.29, 1.82) is 0 Å². The molecular weight excluding hydrogens is 232 g/mol. The van der Waals surface area contributed by atoms with E-state index >= 15 is 0 Å². The molecule has 2 atom stereocenters. The second-order valence-corrected chi connectivity index (χ2v) is 5.37. The molecule has 0 aliphatic heterocycles. The van der Waals surface area contributed by atoms with E-state index in [2.05, 4.69) is 78.8 Å². The minimum Gasteiger partial charge on any atom is -0.243 e. The molecule has 0 spiro atoms. The molecule has 1 aliphatic carbocycles. The number of H-pyrrole nitrogens is 1. The highest BCUT2D eigenvalue weighted by Gasteiger charge is 2.39. The van der Waals surface area contributed by atoms with Crippen molar-refractivity contribution >= 4 is 11.0 Å². The van der Waals surface area contributed by atoms with Gasteiger partial charge in [0.05, 0.1) is 0 Å². The Hall–Kier alpha value is -2.09. The second kappa shape index (κ2) is 4.23. The largest absolute Gasteiger partial charge is 0.243 e. The number of aromatic nitrogens is 2. The lowest BCUT2D eigenvalue weighted by Crippen LogP contribution is -2.57. The molecule has 0 saturated carbocycles. The predicted octanol–water partition coefficient (Wildman–Crippen LogP) is 3.49. The molecule has 0 radical (unpaired) electrons. The Balaban J connectivity index is 2.22. The number of nitrogens with zero attached hydrogens (tertiary/aromatic N) is 1. The quantitative estimate of drug-likeness (QED) is 0.622. The Bertz CT molecular complexity index is 690. The Morgan fingerprint density at radius 3 is 2.95 bits per heavy atom. The number of allylic oxidation sites excluding steroid dienone is 5. The van der Waals surface area contributed by atoms with E-state index in [-0.39, 0.29) is 5.54 Å². The molecule has 0 saturated heterocycles. The van der Waals surface area contributed by atoms with Gasteiger partial charge in [0.15, 0.2) is 11.0 Å². The van der Waals surface area contributed by atoms with Gasteiger partial charge in [-0.2, -0.15) is 0 Å². The van der Waals surface area contributed by atoms with Gasteiger partial charge in [-0.1, -0.05) is 35.9 Å². The highest BCUT2D eigenvalue weighted by atomic mass is 15.1. The molecule has 1 N–H and O–H groups in total. The standard InChI is InChI=1S/C17H18N2/c1-4-14-13(2)8-7-11-17(14,3)19-12-18-15-9-5-6-10-16(15)19/h4-12,14H,1H2,2-3H3/p+1. The number of benzene rings is 1. The Labute approximate surface area is 113 Å². The monoisotopic (exact) mass is 251 g/mol. The minimum absolute atomic E-state index is 0.111. The lowest BCUT2D eigenvalue weighted by molar-refractivity contribution is -0.730. The first-order valence-corrected chi connectivity index (χ1v) is 6.63. The third-order valence-corrected chi connectivity index (χ3v) is 4.18. The summed E-state index contributed by atoms with van der Waals surface area (Å²) in [7, 11) is 0. The first kappa shape index (κ1) is 12.0. The summed E-state index contributed by atoms with van der Waals surface area (Å²) in [6, 6.07) is 8.39. The highest BCUT2D eigenvalue weighted by Crippen LogP contribution is 2.33. The van der Waals surface area contributed by atoms with Crippen LogP contribution in [0.2, 0.25) is 0 Å². The van der Waals surface area contributed by atoms with Crippen LogP contribution in [0.25, 0.3) is 11.0 Å². The summed E-state index contributed by atoms with van der Waals surface area (Å²) in [4.78, 5) is 3.35. The van der Waals surface area contributed by atoms with Crippen LogP contribution in [-0.2, 0) is 5.54 Å². The fourth-order valence-electron chi connectivity index (χ4n) is 3.13. The molecule has 96 valence electrons. The Morgan fingerprint density at radius 2 is 2.16 bits per heavy atom. The molecule has 0 bridgehead atoms. The van der Waals surface area contributed by atoms with E-state index in [4.69, 9.17) is 0 Å². The lowest BCUT2D eigenvalue weighted by atomic mass is 9.77. The van der Waals surface area contributed by atoms with Crippen molar-refractivity contribution < 1.29 is 4.57 Å². The zero-order valence-electron chi connectivity index (χ0n) is 11.4. The SMILES string of the molecule is C=CC1C(C)=CC=CC1(C)[n+]1c[nH]c2ccccc21. The van der Waals surface area contributed by atoms with Gasteiger partial charge in [0.2, 0.25) is 6.33 Å². The number of hydrogen-bond acceptors (Lipinski definition) is 0. The number of nitrogens with one attached hydrogen (secondary N) is 1. The topological polar surface area (TPSA) is 19.7 Å². The van der Waals surface area contributed by atoms with Crippen LogP contribution in [0, 0.1) is 5.92 Å². The predicted molar refractivity (Wildman–Crippen MR) is 78.7 cm³/mol. The fraction of sp³-hybridized carbons (Fsp3) is 0.235. The van der Waals surface area contributed by atoms with Crippen LogP contribution in [-0.4, -0.2) is 4.98 Å². The van der Waals surface area contributed by atoms with Crippen molar-refractivity contribution in [3.05, 3.63) is 67.0 Å². The summed E-state index contributed by atoms with van der Waals surface area (Å²) in [6.07, 6.45) is 10.7. The molecule has 19 heavy (non-hydrogen) atoms. The van der Waals surface area contributed by atoms with Crippen molar-refractivity contribution in [2.75, 3.05) is 0 Å². The van der Waals surface area contributed by atoms with Crippen LogP contribution in [0.4, 0.5) is 0 Å². The van der Waals surface area contributed by atoms with E-state index < -0.39 is 0 Å². The van der Waals surface area contributed by atoms with Crippen molar-refractivity contribution in [1.82, 2.24) is 4.98 Å². The fourth-order valence-corrected chi connectivity index (χ4v) is 3.13. The van der Waals surface area contributed by atoms with Crippen molar-refractivity contribution in [2.45, 2.75) is 19.4 Å². The maximum absolute atomic E-state index is 4.02. The van der Waals surface area contributed by atoms with E-state index in [0.717, 1.165) is 5.52 Å². The maximum atomic E-state index is 4.02. The van der Waals surface area contributed by atoms with E-state index in [1.165, 1.54) is 11.1 Å². The van der Waals surface area contributed by atoms with Gasteiger partial charge in [-0.3, -0.25) is 0 Å². The Kier molecular flexibility index (Phi) is 2.67. The third-order valence-electron chi connectivity index (χ3n) is 4.18. The first-order chi connectivity index (χ1) is 9.16. The van der Waals surface area contributed by atoms with E-state index in [1.807, 2.05) is 6.08 Å². The molecule has 1 aliphatic rings. The van der Waals surface area contributed by atoms with Gasteiger partial charge < -0.3 is 0 Å². The van der Waals surface area contributed by atoms with E-state index in [0.29, 0.717) is 5.92 Å². The molecule has 0 amide bonds. The van der Waals surface area contributed by atoms with Crippen molar-refractivity contribution in [2.24, 2.45) is 5.92 Å². The van der Waals surface area contributed by atoms with Gasteiger partial charge in [-0.25, -0.2) is 9.55 Å². The van der Waals surface area contributed by atoms with Crippen LogP contribution in [0.1, 0.15) is 13.8 Å². The summed E-state index contributed by atoms with van der Waals surface area (Å²) < 4.78 is 2.31. The van der Waals surface area contributed by atoms with Crippen molar-refractivity contribution in [3.63, 3.8) is 0 Å². The van der Waals surface area contributed by atoms with Crippen LogP contribution < -0.4 is 4.57 Å². The highest BCUT2D eigenvalue weighted by molar-refractivity contribution is 5.70. The summed E-state index contributed by atoms with van der Waals surface area (Å²) in [5.74, 6) is 0.307. The summed E-state index contributed by atoms with van der Waals surface area (Å²) in [5.41, 5.74) is 3.61. The van der Waals surface area contributed by atoms with Gasteiger partial charge in [-0.15, -0.1) is 6.58 Å². The molecule has 2 unspecified atom stereocenters. The van der Waals surface area contributed by atoms with Crippen molar-refractivity contribution in [3.8, 4) is 0 Å². The molecule has 2 heteroatoms. The van der Waals surface area contributed by atoms with Gasteiger partial charge in [0.25, 0.3) is 0 Å². The van der Waals surface area contributed by atoms with Gasteiger partial charge >= 0.3 is 0 Å². The summed E-state index contributed by atoms with van der Waals surface area (Å²) >= 11 is 0. The molecular formula is C17H19N2+. The first-order valence-electron chi connectivity index (χ1n) is 6.63. The number of aromatic amines is 1. The second-order valence-electron chi connectivity index (χ2n) is 5.37. The zero-order chi connectivity index (χ0) is 13.5. The average molecular weight is 251 g/mol.